The van der Waals surface area contributed by atoms with E-state index in [1.54, 1.807) is 0 Å². The summed E-state index contributed by atoms with van der Waals surface area (Å²) in [7, 11) is 3.94. The summed E-state index contributed by atoms with van der Waals surface area (Å²) in [5.74, 6) is 2.49. The van der Waals surface area contributed by atoms with Crippen LogP contribution in [0.1, 0.15) is 48.9 Å². The van der Waals surface area contributed by atoms with Crippen molar-refractivity contribution >= 4 is 5.96 Å². The molecule has 0 spiro atoms. The molecule has 2 aromatic heterocycles. The van der Waals surface area contributed by atoms with E-state index in [2.05, 4.69) is 46.7 Å². The number of hydrogen-bond donors (Lipinski definition) is 2. The van der Waals surface area contributed by atoms with Gasteiger partial charge >= 0.3 is 0 Å². The van der Waals surface area contributed by atoms with Crippen molar-refractivity contribution in [2.75, 3.05) is 19.8 Å². The van der Waals surface area contributed by atoms with Crippen molar-refractivity contribution in [3.63, 3.8) is 0 Å². The molecule has 2 heterocycles. The minimum Gasteiger partial charge on any atom is -0.382 e. The molecule has 2 N–H and O–H groups in total. The van der Waals surface area contributed by atoms with Crippen molar-refractivity contribution in [3.05, 3.63) is 28.6 Å². The molecule has 0 amide bonds. The second-order valence-corrected chi connectivity index (χ2v) is 7.39. The van der Waals surface area contributed by atoms with Crippen LogP contribution in [0.2, 0.25) is 0 Å². The highest BCUT2D eigenvalue weighted by molar-refractivity contribution is 5.80. The highest BCUT2D eigenvalue weighted by Crippen LogP contribution is 2.14. The number of aryl methyl sites for hydroxylation is 3. The molecule has 29 heavy (non-hydrogen) atoms. The standard InChI is InChI=1S/C20H36N8O/c1-8-29-11-9-10-21-20(22-13-19-25-24-17(5)27(19)6)23-14(2)12-18-15(3)26-28(7)16(18)4/h14H,8-13H2,1-7H3,(H2,21,22,23). The fraction of sp³-hybridized carbons (Fsp3) is 0.700. The Hall–Kier alpha value is -2.42. The van der Waals surface area contributed by atoms with E-state index in [0.717, 1.165) is 55.9 Å². The number of guanidine groups is 1. The van der Waals surface area contributed by atoms with Crippen LogP contribution in [0.4, 0.5) is 0 Å². The molecule has 1 unspecified atom stereocenters. The van der Waals surface area contributed by atoms with Gasteiger partial charge in [0, 0.05) is 45.6 Å². The summed E-state index contributed by atoms with van der Waals surface area (Å²) in [5.41, 5.74) is 3.57. The van der Waals surface area contributed by atoms with Crippen LogP contribution >= 0.6 is 0 Å². The Kier molecular flexibility index (Phi) is 8.63. The Morgan fingerprint density at radius 1 is 1.21 bits per heavy atom. The monoisotopic (exact) mass is 404 g/mol. The second-order valence-electron chi connectivity index (χ2n) is 7.39. The first-order valence-electron chi connectivity index (χ1n) is 10.3. The van der Waals surface area contributed by atoms with Crippen LogP contribution in [0.25, 0.3) is 0 Å². The Morgan fingerprint density at radius 2 is 1.97 bits per heavy atom. The van der Waals surface area contributed by atoms with Crippen LogP contribution in [0, 0.1) is 20.8 Å². The molecule has 0 bridgehead atoms. The van der Waals surface area contributed by atoms with Crippen LogP contribution in [0.15, 0.2) is 4.99 Å². The number of hydrogen-bond acceptors (Lipinski definition) is 5. The Morgan fingerprint density at radius 3 is 2.55 bits per heavy atom. The first-order valence-corrected chi connectivity index (χ1v) is 10.3. The summed E-state index contributed by atoms with van der Waals surface area (Å²) in [4.78, 5) is 4.73. The summed E-state index contributed by atoms with van der Waals surface area (Å²) in [6.07, 6.45) is 1.81. The van der Waals surface area contributed by atoms with Gasteiger partial charge in [-0.15, -0.1) is 10.2 Å². The lowest BCUT2D eigenvalue weighted by Crippen LogP contribution is -2.43. The fourth-order valence-corrected chi connectivity index (χ4v) is 3.12. The molecular formula is C20H36N8O. The summed E-state index contributed by atoms with van der Waals surface area (Å²) in [5, 5.41) is 19.8. The van der Waals surface area contributed by atoms with Crippen LogP contribution in [0.5, 0.6) is 0 Å². The van der Waals surface area contributed by atoms with Crippen molar-refractivity contribution in [3.8, 4) is 0 Å². The molecule has 0 aliphatic heterocycles. The molecule has 0 saturated carbocycles. The predicted molar refractivity (Wildman–Crippen MR) is 115 cm³/mol. The molecule has 0 fully saturated rings. The molecule has 0 saturated heterocycles. The number of ether oxygens (including phenoxy) is 1. The fourth-order valence-electron chi connectivity index (χ4n) is 3.12. The maximum atomic E-state index is 5.42. The molecule has 0 aromatic carbocycles. The van der Waals surface area contributed by atoms with Gasteiger partial charge in [-0.1, -0.05) is 0 Å². The highest BCUT2D eigenvalue weighted by atomic mass is 16.5. The van der Waals surface area contributed by atoms with Gasteiger partial charge in [0.25, 0.3) is 0 Å². The number of aromatic nitrogens is 5. The van der Waals surface area contributed by atoms with Gasteiger partial charge in [0.1, 0.15) is 12.4 Å². The molecular weight excluding hydrogens is 368 g/mol. The van der Waals surface area contributed by atoms with Gasteiger partial charge in [-0.2, -0.15) is 5.10 Å². The SMILES string of the molecule is CCOCCCNC(=NCc1nnc(C)n1C)NC(C)Cc1c(C)nn(C)c1C. The molecule has 0 radical (unpaired) electrons. The molecule has 0 aliphatic rings. The zero-order valence-electron chi connectivity index (χ0n) is 18.9. The van der Waals surface area contributed by atoms with E-state index in [1.807, 2.05) is 37.2 Å². The third-order valence-electron chi connectivity index (χ3n) is 5.08. The maximum Gasteiger partial charge on any atom is 0.191 e. The Bertz CT molecular complexity index is 808. The molecule has 0 aliphatic carbocycles. The highest BCUT2D eigenvalue weighted by Gasteiger charge is 2.14. The van der Waals surface area contributed by atoms with E-state index in [4.69, 9.17) is 9.73 Å². The third-order valence-corrected chi connectivity index (χ3v) is 5.08. The maximum absolute atomic E-state index is 5.42. The van der Waals surface area contributed by atoms with Crippen molar-refractivity contribution in [2.45, 2.75) is 60.0 Å². The molecule has 162 valence electrons. The average molecular weight is 405 g/mol. The van der Waals surface area contributed by atoms with Gasteiger partial charge in [-0.05, 0) is 53.0 Å². The van der Waals surface area contributed by atoms with Crippen molar-refractivity contribution in [1.82, 2.24) is 35.2 Å². The normalized spacial score (nSPS) is 13.0. The largest absolute Gasteiger partial charge is 0.382 e. The van der Waals surface area contributed by atoms with Gasteiger partial charge in [0.05, 0.1) is 5.69 Å². The summed E-state index contributed by atoms with van der Waals surface area (Å²) in [6, 6.07) is 0.205. The molecule has 9 nitrogen and oxygen atoms in total. The van der Waals surface area contributed by atoms with Crippen molar-refractivity contribution < 1.29 is 4.74 Å². The number of aliphatic imine (C=N–C) groups is 1. The van der Waals surface area contributed by atoms with Crippen molar-refractivity contribution in [2.24, 2.45) is 19.1 Å². The number of nitrogens with zero attached hydrogens (tertiary/aromatic N) is 6. The first-order chi connectivity index (χ1) is 13.8. The molecule has 2 rings (SSSR count). The summed E-state index contributed by atoms with van der Waals surface area (Å²) in [6.45, 7) is 13.0. The zero-order valence-corrected chi connectivity index (χ0v) is 18.9. The number of nitrogens with one attached hydrogen (secondary N) is 2. The van der Waals surface area contributed by atoms with Gasteiger partial charge in [0.15, 0.2) is 11.8 Å². The summed E-state index contributed by atoms with van der Waals surface area (Å²) < 4.78 is 9.32. The van der Waals surface area contributed by atoms with Crippen LogP contribution in [0.3, 0.4) is 0 Å². The lowest BCUT2D eigenvalue weighted by atomic mass is 10.1. The first kappa shape index (κ1) is 22.9. The molecule has 1 atom stereocenters. The number of rotatable bonds is 10. The van der Waals surface area contributed by atoms with E-state index in [0.29, 0.717) is 6.54 Å². The van der Waals surface area contributed by atoms with E-state index in [-0.39, 0.29) is 6.04 Å². The van der Waals surface area contributed by atoms with E-state index < -0.39 is 0 Å². The van der Waals surface area contributed by atoms with Gasteiger partial charge in [-0.25, -0.2) is 4.99 Å². The van der Waals surface area contributed by atoms with Crippen LogP contribution in [-0.4, -0.2) is 56.3 Å². The van der Waals surface area contributed by atoms with Gasteiger partial charge in [-0.3, -0.25) is 4.68 Å². The van der Waals surface area contributed by atoms with E-state index >= 15 is 0 Å². The smallest absolute Gasteiger partial charge is 0.191 e. The minimum absolute atomic E-state index is 0.205. The van der Waals surface area contributed by atoms with Gasteiger partial charge in [0.2, 0.25) is 0 Å². The summed E-state index contributed by atoms with van der Waals surface area (Å²) >= 11 is 0. The Balaban J connectivity index is 2.02. The lowest BCUT2D eigenvalue weighted by Gasteiger charge is -2.19. The zero-order chi connectivity index (χ0) is 21.4. The quantitative estimate of drug-likeness (QED) is 0.355. The molecule has 2 aromatic rings. The third kappa shape index (κ3) is 6.56. The van der Waals surface area contributed by atoms with E-state index in [1.165, 1.54) is 11.3 Å². The lowest BCUT2D eigenvalue weighted by molar-refractivity contribution is 0.145. The Labute approximate surface area is 174 Å². The molecule has 9 heteroatoms. The van der Waals surface area contributed by atoms with Crippen LogP contribution in [-0.2, 0) is 31.8 Å². The average Bonchev–Trinajstić information content (AvgIpc) is 3.12. The minimum atomic E-state index is 0.205. The second kappa shape index (κ2) is 10.9. The predicted octanol–water partition coefficient (Wildman–Crippen LogP) is 1.57. The van der Waals surface area contributed by atoms with Crippen LogP contribution < -0.4 is 10.6 Å². The van der Waals surface area contributed by atoms with Crippen molar-refractivity contribution in [1.29, 1.82) is 0 Å². The van der Waals surface area contributed by atoms with Gasteiger partial charge < -0.3 is 19.9 Å². The van der Waals surface area contributed by atoms with E-state index in [9.17, 15) is 0 Å². The topological polar surface area (TPSA) is 94.2 Å².